The first-order valence-corrected chi connectivity index (χ1v) is 10.1. The molecule has 30 heavy (non-hydrogen) atoms. The van der Waals surface area contributed by atoms with Crippen LogP contribution in [0.5, 0.6) is 5.75 Å². The maximum absolute atomic E-state index is 14.3. The zero-order valence-corrected chi connectivity index (χ0v) is 17.5. The summed E-state index contributed by atoms with van der Waals surface area (Å²) in [6, 6.07) is 10.9. The maximum Gasteiger partial charge on any atom is 0.240 e. The number of carbonyl (C=O) groups excluding carboxylic acids is 1. The fourth-order valence-corrected chi connectivity index (χ4v) is 4.36. The molecule has 160 valence electrons. The van der Waals surface area contributed by atoms with Crippen molar-refractivity contribution in [2.24, 2.45) is 16.8 Å². The Kier molecular flexibility index (Phi) is 6.51. The Bertz CT molecular complexity index is 963. The summed E-state index contributed by atoms with van der Waals surface area (Å²) < 4.78 is 33.6. The lowest BCUT2D eigenvalue weighted by atomic mass is 9.72. The van der Waals surface area contributed by atoms with E-state index in [4.69, 9.17) is 10.5 Å². The standard InChI is InChI=1S/C23H27F2N3O2/c1-4-23(17(11-12-26)14-30-22-8-6-5-7-20(22)23)28(16(3)29)27-15(2)19-10-9-18(24)13-21(19)25/h5-10,13,17H,4,11-12,14,26H2,1-3H3/b27-15+/t17-,23+/m0/s1. The molecule has 0 aliphatic carbocycles. The second-order valence-electron chi connectivity index (χ2n) is 7.50. The van der Waals surface area contributed by atoms with E-state index in [0.717, 1.165) is 11.6 Å². The SMILES string of the molecule is CC[C@]1(N(/N=C(\C)c2ccc(F)cc2F)C(C)=O)c2ccccc2OC[C@@H]1CCN. The molecule has 1 heterocycles. The van der Waals surface area contributed by atoms with E-state index >= 15 is 0 Å². The summed E-state index contributed by atoms with van der Waals surface area (Å²) in [7, 11) is 0. The molecule has 0 bridgehead atoms. The topological polar surface area (TPSA) is 67.9 Å². The number of nitrogens with two attached hydrogens (primary N) is 1. The number of hydrogen-bond acceptors (Lipinski definition) is 4. The smallest absolute Gasteiger partial charge is 0.240 e. The van der Waals surface area contributed by atoms with E-state index in [9.17, 15) is 13.6 Å². The minimum atomic E-state index is -0.794. The zero-order chi connectivity index (χ0) is 21.9. The van der Waals surface area contributed by atoms with Crippen LogP contribution in [0, 0.1) is 17.6 Å². The van der Waals surface area contributed by atoms with Crippen molar-refractivity contribution in [3.05, 3.63) is 65.2 Å². The third-order valence-electron chi connectivity index (χ3n) is 5.77. The van der Waals surface area contributed by atoms with Gasteiger partial charge in [-0.15, -0.1) is 0 Å². The first kappa shape index (κ1) is 21.9. The summed E-state index contributed by atoms with van der Waals surface area (Å²) in [4.78, 5) is 12.9. The number of fused-ring (bicyclic) bond motifs is 1. The van der Waals surface area contributed by atoms with E-state index in [1.807, 2.05) is 31.2 Å². The minimum Gasteiger partial charge on any atom is -0.493 e. The average molecular weight is 415 g/mol. The third kappa shape index (κ3) is 3.81. The lowest BCUT2D eigenvalue weighted by molar-refractivity contribution is -0.141. The van der Waals surface area contributed by atoms with E-state index in [1.54, 1.807) is 6.92 Å². The number of ether oxygens (including phenoxy) is 1. The van der Waals surface area contributed by atoms with Gasteiger partial charge in [0.25, 0.3) is 0 Å². The highest BCUT2D eigenvalue weighted by Crippen LogP contribution is 2.48. The Balaban J connectivity index is 2.19. The van der Waals surface area contributed by atoms with Crippen molar-refractivity contribution in [3.8, 4) is 5.75 Å². The van der Waals surface area contributed by atoms with Crippen molar-refractivity contribution < 1.29 is 18.3 Å². The number of nitrogens with zero attached hydrogens (tertiary/aromatic N) is 2. The number of halogens is 2. The van der Waals surface area contributed by atoms with E-state index in [2.05, 4.69) is 5.10 Å². The van der Waals surface area contributed by atoms with Crippen molar-refractivity contribution in [3.63, 3.8) is 0 Å². The molecule has 1 aliphatic heterocycles. The molecule has 5 nitrogen and oxygen atoms in total. The summed E-state index contributed by atoms with van der Waals surface area (Å²) in [5, 5.41) is 6.01. The van der Waals surface area contributed by atoms with Gasteiger partial charge in [0.1, 0.15) is 22.9 Å². The van der Waals surface area contributed by atoms with Crippen LogP contribution in [0.15, 0.2) is 47.6 Å². The molecule has 0 radical (unpaired) electrons. The van der Waals surface area contributed by atoms with Gasteiger partial charge < -0.3 is 10.5 Å². The lowest BCUT2D eigenvalue weighted by Crippen LogP contribution is -2.55. The molecule has 3 rings (SSSR count). The molecular formula is C23H27F2N3O2. The summed E-state index contributed by atoms with van der Waals surface area (Å²) >= 11 is 0. The molecule has 0 spiro atoms. The number of rotatable bonds is 6. The van der Waals surface area contributed by atoms with Gasteiger partial charge in [-0.25, -0.2) is 13.8 Å². The summed E-state index contributed by atoms with van der Waals surface area (Å²) in [6.45, 7) is 5.86. The second kappa shape index (κ2) is 8.92. The molecule has 1 aliphatic rings. The molecule has 2 aromatic rings. The fraction of sp³-hybridized carbons (Fsp3) is 0.391. The minimum absolute atomic E-state index is 0.0964. The first-order valence-electron chi connectivity index (χ1n) is 10.1. The molecule has 0 saturated heterocycles. The largest absolute Gasteiger partial charge is 0.493 e. The molecule has 0 saturated carbocycles. The number of hydrogen-bond donors (Lipinski definition) is 1. The van der Waals surface area contributed by atoms with Crippen LogP contribution >= 0.6 is 0 Å². The zero-order valence-electron chi connectivity index (χ0n) is 17.5. The van der Waals surface area contributed by atoms with Crippen molar-refractivity contribution in [1.29, 1.82) is 0 Å². The molecule has 0 unspecified atom stereocenters. The van der Waals surface area contributed by atoms with Gasteiger partial charge in [-0.1, -0.05) is 25.1 Å². The van der Waals surface area contributed by atoms with E-state index in [1.165, 1.54) is 24.1 Å². The van der Waals surface area contributed by atoms with Crippen LogP contribution in [0.2, 0.25) is 0 Å². The Morgan fingerprint density at radius 3 is 2.63 bits per heavy atom. The number of hydrazone groups is 1. The van der Waals surface area contributed by atoms with Crippen LogP contribution in [-0.4, -0.2) is 29.8 Å². The highest BCUT2D eigenvalue weighted by molar-refractivity contribution is 5.99. The van der Waals surface area contributed by atoms with Crippen LogP contribution in [0.4, 0.5) is 8.78 Å². The van der Waals surface area contributed by atoms with Gasteiger partial charge in [-0.05, 0) is 44.5 Å². The van der Waals surface area contributed by atoms with Gasteiger partial charge in [0.15, 0.2) is 0 Å². The highest BCUT2D eigenvalue weighted by Gasteiger charge is 2.50. The Labute approximate surface area is 175 Å². The molecule has 1 amide bonds. The Morgan fingerprint density at radius 1 is 1.27 bits per heavy atom. The number of benzene rings is 2. The summed E-state index contributed by atoms with van der Waals surface area (Å²) in [6.07, 6.45) is 1.20. The lowest BCUT2D eigenvalue weighted by Gasteiger charge is -2.49. The van der Waals surface area contributed by atoms with E-state index in [-0.39, 0.29) is 23.1 Å². The fourth-order valence-electron chi connectivity index (χ4n) is 4.36. The van der Waals surface area contributed by atoms with E-state index in [0.29, 0.717) is 31.7 Å². The van der Waals surface area contributed by atoms with Crippen molar-refractivity contribution in [2.45, 2.75) is 39.2 Å². The first-order chi connectivity index (χ1) is 14.3. The summed E-state index contributed by atoms with van der Waals surface area (Å²) in [5.74, 6) is -1.08. The summed E-state index contributed by atoms with van der Waals surface area (Å²) in [5.41, 5.74) is 6.36. The normalized spacial score (nSPS) is 21.0. The molecule has 7 heteroatoms. The van der Waals surface area contributed by atoms with Gasteiger partial charge in [0.2, 0.25) is 5.91 Å². The Hall–Kier alpha value is -2.80. The van der Waals surface area contributed by atoms with Crippen molar-refractivity contribution >= 4 is 11.6 Å². The number of para-hydroxylation sites is 1. The molecule has 2 aromatic carbocycles. The molecule has 2 atom stereocenters. The van der Waals surface area contributed by atoms with Crippen molar-refractivity contribution in [1.82, 2.24) is 5.01 Å². The number of amides is 1. The second-order valence-corrected chi connectivity index (χ2v) is 7.50. The van der Waals surface area contributed by atoms with Crippen molar-refractivity contribution in [2.75, 3.05) is 13.2 Å². The predicted molar refractivity (Wildman–Crippen MR) is 112 cm³/mol. The van der Waals surface area contributed by atoms with Gasteiger partial charge in [0.05, 0.1) is 12.3 Å². The third-order valence-corrected chi connectivity index (χ3v) is 5.77. The molecular weight excluding hydrogens is 388 g/mol. The number of carbonyl (C=O) groups is 1. The molecule has 2 N–H and O–H groups in total. The Morgan fingerprint density at radius 2 is 2.00 bits per heavy atom. The van der Waals surface area contributed by atoms with Crippen LogP contribution in [-0.2, 0) is 10.3 Å². The monoisotopic (exact) mass is 415 g/mol. The van der Waals surface area contributed by atoms with Gasteiger partial charge in [0, 0.05) is 30.0 Å². The predicted octanol–water partition coefficient (Wildman–Crippen LogP) is 4.20. The van der Waals surface area contributed by atoms with Crippen LogP contribution in [0.1, 0.15) is 44.7 Å². The average Bonchev–Trinajstić information content (AvgIpc) is 2.72. The van der Waals surface area contributed by atoms with Crippen LogP contribution in [0.3, 0.4) is 0 Å². The maximum atomic E-state index is 14.3. The van der Waals surface area contributed by atoms with Gasteiger partial charge in [-0.2, -0.15) is 5.10 Å². The van der Waals surface area contributed by atoms with Gasteiger partial charge >= 0.3 is 0 Å². The quantitative estimate of drug-likeness (QED) is 0.568. The molecule has 0 aromatic heterocycles. The van der Waals surface area contributed by atoms with Crippen LogP contribution in [0.25, 0.3) is 0 Å². The van der Waals surface area contributed by atoms with Gasteiger partial charge in [-0.3, -0.25) is 4.79 Å². The van der Waals surface area contributed by atoms with Crippen LogP contribution < -0.4 is 10.5 Å². The highest BCUT2D eigenvalue weighted by atomic mass is 19.1. The van der Waals surface area contributed by atoms with E-state index < -0.39 is 17.2 Å². The molecule has 0 fully saturated rings.